The first kappa shape index (κ1) is 21.2. The van der Waals surface area contributed by atoms with Gasteiger partial charge < -0.3 is 20.1 Å². The third kappa shape index (κ3) is 4.18. The molecule has 5 rings (SSSR count). The highest BCUT2D eigenvalue weighted by Gasteiger charge is 2.23. The van der Waals surface area contributed by atoms with E-state index in [1.54, 1.807) is 28.9 Å². The van der Waals surface area contributed by atoms with Crippen LogP contribution in [-0.4, -0.2) is 56.6 Å². The standard InChI is InChI=1S/C25H22N6O3/c32-22-17-30(15-12-26-22)25(34)18-8-10-19(11-9-18)28-23(33)21-16-27-31(20-6-2-1-3-7-20)24(21)29-13-4-5-14-29/h1-11,13-14,16H,12,15,17H2,(H,26,32)(H,28,33). The zero-order valence-electron chi connectivity index (χ0n) is 18.2. The summed E-state index contributed by atoms with van der Waals surface area (Å²) in [6.45, 7) is 0.959. The Morgan fingerprint density at radius 3 is 2.38 bits per heavy atom. The Morgan fingerprint density at radius 1 is 0.941 bits per heavy atom. The lowest BCUT2D eigenvalue weighted by molar-refractivity contribution is -0.123. The number of carbonyl (C=O) groups excluding carboxylic acids is 3. The molecule has 1 aliphatic rings. The topological polar surface area (TPSA) is 101 Å². The van der Waals surface area contributed by atoms with Crippen LogP contribution in [0, 0.1) is 0 Å². The number of nitrogens with one attached hydrogen (secondary N) is 2. The molecule has 0 aliphatic carbocycles. The molecule has 1 fully saturated rings. The van der Waals surface area contributed by atoms with Crippen LogP contribution in [0.15, 0.2) is 85.3 Å². The second kappa shape index (κ2) is 9.07. The SMILES string of the molecule is O=C1CN(C(=O)c2ccc(NC(=O)c3cnn(-c4ccccc4)c3-n3cccc3)cc2)CCN1. The van der Waals surface area contributed by atoms with Gasteiger partial charge >= 0.3 is 0 Å². The van der Waals surface area contributed by atoms with Crippen LogP contribution in [0.1, 0.15) is 20.7 Å². The molecule has 0 bridgehead atoms. The lowest BCUT2D eigenvalue weighted by atomic mass is 10.1. The van der Waals surface area contributed by atoms with E-state index in [1.165, 1.54) is 11.1 Å². The van der Waals surface area contributed by atoms with Crippen LogP contribution in [0.3, 0.4) is 0 Å². The van der Waals surface area contributed by atoms with Crippen LogP contribution in [0.25, 0.3) is 11.5 Å². The fraction of sp³-hybridized carbons (Fsp3) is 0.120. The molecule has 9 nitrogen and oxygen atoms in total. The van der Waals surface area contributed by atoms with Crippen molar-refractivity contribution in [2.24, 2.45) is 0 Å². The average Bonchev–Trinajstić information content (AvgIpc) is 3.55. The van der Waals surface area contributed by atoms with Crippen molar-refractivity contribution in [3.63, 3.8) is 0 Å². The number of rotatable bonds is 5. The van der Waals surface area contributed by atoms with Gasteiger partial charge in [-0.2, -0.15) is 5.10 Å². The summed E-state index contributed by atoms with van der Waals surface area (Å²) in [5.41, 5.74) is 2.24. The quantitative estimate of drug-likeness (QED) is 0.484. The van der Waals surface area contributed by atoms with Gasteiger partial charge in [0, 0.05) is 36.7 Å². The van der Waals surface area contributed by atoms with E-state index in [1.807, 2.05) is 59.4 Å². The summed E-state index contributed by atoms with van der Waals surface area (Å²) in [5.74, 6) is -0.0914. The van der Waals surface area contributed by atoms with Gasteiger partial charge in [-0.3, -0.25) is 14.4 Å². The molecule has 0 atom stereocenters. The number of benzene rings is 2. The van der Waals surface area contributed by atoms with E-state index in [0.29, 0.717) is 35.7 Å². The van der Waals surface area contributed by atoms with E-state index in [2.05, 4.69) is 15.7 Å². The molecule has 2 aromatic carbocycles. The number of carbonyl (C=O) groups is 3. The summed E-state index contributed by atoms with van der Waals surface area (Å²) in [6.07, 6.45) is 5.25. The summed E-state index contributed by atoms with van der Waals surface area (Å²) in [6, 6.07) is 20.0. The van der Waals surface area contributed by atoms with Crippen molar-refractivity contribution in [3.8, 4) is 11.5 Å². The van der Waals surface area contributed by atoms with E-state index < -0.39 is 0 Å². The van der Waals surface area contributed by atoms with Crippen molar-refractivity contribution < 1.29 is 14.4 Å². The van der Waals surface area contributed by atoms with Crippen LogP contribution in [-0.2, 0) is 4.79 Å². The normalized spacial score (nSPS) is 13.4. The number of amides is 3. The van der Waals surface area contributed by atoms with Crippen LogP contribution in [0.4, 0.5) is 5.69 Å². The minimum absolute atomic E-state index is 0.0465. The molecule has 9 heteroatoms. The Hall–Kier alpha value is -4.66. The monoisotopic (exact) mass is 454 g/mol. The third-order valence-electron chi connectivity index (χ3n) is 5.55. The molecule has 0 unspecified atom stereocenters. The maximum absolute atomic E-state index is 13.2. The third-order valence-corrected chi connectivity index (χ3v) is 5.55. The molecule has 4 aromatic rings. The number of nitrogens with zero attached hydrogens (tertiary/aromatic N) is 4. The van der Waals surface area contributed by atoms with Gasteiger partial charge in [0.25, 0.3) is 11.8 Å². The minimum atomic E-state index is -0.322. The van der Waals surface area contributed by atoms with E-state index in [4.69, 9.17) is 0 Å². The summed E-state index contributed by atoms with van der Waals surface area (Å²) in [7, 11) is 0. The Balaban J connectivity index is 1.37. The minimum Gasteiger partial charge on any atom is -0.353 e. The molecule has 0 radical (unpaired) electrons. The van der Waals surface area contributed by atoms with Crippen LogP contribution < -0.4 is 10.6 Å². The predicted molar refractivity (Wildman–Crippen MR) is 126 cm³/mol. The van der Waals surface area contributed by atoms with E-state index in [0.717, 1.165) is 5.69 Å². The molecule has 3 amide bonds. The Kier molecular flexibility index (Phi) is 5.65. The molecule has 34 heavy (non-hydrogen) atoms. The highest BCUT2D eigenvalue weighted by molar-refractivity contribution is 6.06. The molecule has 1 saturated heterocycles. The molecule has 1 aliphatic heterocycles. The second-order valence-electron chi connectivity index (χ2n) is 7.83. The average molecular weight is 454 g/mol. The smallest absolute Gasteiger partial charge is 0.261 e. The summed E-state index contributed by atoms with van der Waals surface area (Å²) in [5, 5.41) is 10.0. The summed E-state index contributed by atoms with van der Waals surface area (Å²) < 4.78 is 3.55. The molecule has 0 saturated carbocycles. The number of hydrogen-bond acceptors (Lipinski definition) is 4. The summed E-state index contributed by atoms with van der Waals surface area (Å²) >= 11 is 0. The van der Waals surface area contributed by atoms with Gasteiger partial charge in [0.1, 0.15) is 5.56 Å². The fourth-order valence-corrected chi connectivity index (χ4v) is 3.87. The van der Waals surface area contributed by atoms with Gasteiger partial charge in [0.2, 0.25) is 5.91 Å². The van der Waals surface area contributed by atoms with Gasteiger partial charge in [-0.1, -0.05) is 18.2 Å². The lowest BCUT2D eigenvalue weighted by Gasteiger charge is -2.26. The molecule has 2 N–H and O–H groups in total. The predicted octanol–water partition coefficient (Wildman–Crippen LogP) is 2.49. The van der Waals surface area contributed by atoms with Crippen LogP contribution in [0.5, 0.6) is 0 Å². The van der Waals surface area contributed by atoms with Crippen molar-refractivity contribution in [2.75, 3.05) is 25.0 Å². The molecule has 170 valence electrons. The van der Waals surface area contributed by atoms with Crippen molar-refractivity contribution >= 4 is 23.4 Å². The Morgan fingerprint density at radius 2 is 1.68 bits per heavy atom. The largest absolute Gasteiger partial charge is 0.353 e. The number of hydrogen-bond donors (Lipinski definition) is 2. The molecular formula is C25H22N6O3. The zero-order valence-corrected chi connectivity index (χ0v) is 18.2. The maximum Gasteiger partial charge on any atom is 0.261 e. The number of para-hydroxylation sites is 1. The van der Waals surface area contributed by atoms with Gasteiger partial charge in [-0.25, -0.2) is 4.68 Å². The fourth-order valence-electron chi connectivity index (χ4n) is 3.87. The van der Waals surface area contributed by atoms with Crippen LogP contribution >= 0.6 is 0 Å². The van der Waals surface area contributed by atoms with Crippen molar-refractivity contribution in [3.05, 3.63) is 96.4 Å². The summed E-state index contributed by atoms with van der Waals surface area (Å²) in [4.78, 5) is 38.9. The van der Waals surface area contributed by atoms with Gasteiger partial charge in [0.05, 0.1) is 18.4 Å². The Bertz CT molecular complexity index is 1330. The Labute approximate surface area is 195 Å². The van der Waals surface area contributed by atoms with Crippen molar-refractivity contribution in [2.45, 2.75) is 0 Å². The number of piperazine rings is 1. The van der Waals surface area contributed by atoms with Crippen LogP contribution in [0.2, 0.25) is 0 Å². The first-order chi connectivity index (χ1) is 16.6. The number of aromatic nitrogens is 3. The highest BCUT2D eigenvalue weighted by atomic mass is 16.2. The molecular weight excluding hydrogens is 432 g/mol. The van der Waals surface area contributed by atoms with E-state index in [9.17, 15) is 14.4 Å². The first-order valence-electron chi connectivity index (χ1n) is 10.8. The molecule has 3 heterocycles. The highest BCUT2D eigenvalue weighted by Crippen LogP contribution is 2.21. The molecule has 2 aromatic heterocycles. The van der Waals surface area contributed by atoms with E-state index >= 15 is 0 Å². The van der Waals surface area contributed by atoms with Gasteiger partial charge in [0.15, 0.2) is 5.82 Å². The first-order valence-corrected chi connectivity index (χ1v) is 10.8. The maximum atomic E-state index is 13.2. The zero-order chi connectivity index (χ0) is 23.5. The molecule has 0 spiro atoms. The number of anilines is 1. The van der Waals surface area contributed by atoms with E-state index in [-0.39, 0.29) is 24.3 Å². The lowest BCUT2D eigenvalue weighted by Crippen LogP contribution is -2.49. The van der Waals surface area contributed by atoms with Gasteiger partial charge in [-0.05, 0) is 48.5 Å². The van der Waals surface area contributed by atoms with Crippen molar-refractivity contribution in [1.82, 2.24) is 24.6 Å². The van der Waals surface area contributed by atoms with Gasteiger partial charge in [-0.15, -0.1) is 0 Å². The van der Waals surface area contributed by atoms with Crippen molar-refractivity contribution in [1.29, 1.82) is 0 Å². The second-order valence-corrected chi connectivity index (χ2v) is 7.83.